The summed E-state index contributed by atoms with van der Waals surface area (Å²) in [7, 11) is 1.26. The number of rotatable bonds is 2. The van der Waals surface area contributed by atoms with E-state index in [-0.39, 0.29) is 16.5 Å². The van der Waals surface area contributed by atoms with Gasteiger partial charge >= 0.3 is 5.97 Å². The molecule has 0 amide bonds. The van der Waals surface area contributed by atoms with Gasteiger partial charge in [-0.3, -0.25) is 0 Å². The summed E-state index contributed by atoms with van der Waals surface area (Å²) >= 11 is 11.5. The smallest absolute Gasteiger partial charge is 0.339 e. The van der Waals surface area contributed by atoms with Crippen molar-refractivity contribution >= 4 is 29.2 Å². The van der Waals surface area contributed by atoms with Gasteiger partial charge in [-0.15, -0.1) is 11.6 Å². The number of alkyl halides is 1. The molecule has 0 aliphatic heterocycles. The normalized spacial score (nSPS) is 9.47. The second-order valence-electron chi connectivity index (χ2n) is 2.73. The predicted molar refractivity (Wildman–Crippen MR) is 57.1 cm³/mol. The predicted octanol–water partition coefficient (Wildman–Crippen LogP) is 2.74. The van der Waals surface area contributed by atoms with Crippen LogP contribution < -0.4 is 0 Å². The van der Waals surface area contributed by atoms with E-state index in [0.29, 0.717) is 11.1 Å². The van der Waals surface area contributed by atoms with Crippen molar-refractivity contribution in [3.8, 4) is 6.07 Å². The van der Waals surface area contributed by atoms with Crippen LogP contribution >= 0.6 is 23.2 Å². The van der Waals surface area contributed by atoms with Crippen LogP contribution in [0.15, 0.2) is 12.1 Å². The first-order chi connectivity index (χ1) is 7.13. The third-order valence-corrected chi connectivity index (χ3v) is 2.46. The van der Waals surface area contributed by atoms with Gasteiger partial charge in [-0.05, 0) is 17.7 Å². The summed E-state index contributed by atoms with van der Waals surface area (Å²) in [6, 6.07) is 4.83. The highest BCUT2D eigenvalue weighted by Gasteiger charge is 2.14. The zero-order valence-corrected chi connectivity index (χ0v) is 9.39. The zero-order chi connectivity index (χ0) is 11.4. The second-order valence-corrected chi connectivity index (χ2v) is 3.40. The standard InChI is InChI=1S/C10H7Cl2NO2/c1-15-10(14)8-2-6(4-11)7(5-13)3-9(8)12/h2-3H,4H2,1H3. The molecule has 0 unspecified atom stereocenters. The molecule has 0 atom stereocenters. The Balaban J connectivity index is 3.33. The number of nitrogens with zero attached hydrogens (tertiary/aromatic N) is 1. The van der Waals surface area contributed by atoms with Crippen LogP contribution in [0.5, 0.6) is 0 Å². The number of methoxy groups -OCH3 is 1. The lowest BCUT2D eigenvalue weighted by atomic mass is 10.1. The molecule has 0 fully saturated rings. The SMILES string of the molecule is COC(=O)c1cc(CCl)c(C#N)cc1Cl. The van der Waals surface area contributed by atoms with Gasteiger partial charge in [0, 0.05) is 5.88 Å². The quantitative estimate of drug-likeness (QED) is 0.593. The zero-order valence-electron chi connectivity index (χ0n) is 7.88. The fourth-order valence-corrected chi connectivity index (χ4v) is 1.56. The van der Waals surface area contributed by atoms with Crippen LogP contribution in [0.25, 0.3) is 0 Å². The minimum absolute atomic E-state index is 0.143. The van der Waals surface area contributed by atoms with E-state index < -0.39 is 5.97 Å². The molecule has 0 aliphatic carbocycles. The maximum absolute atomic E-state index is 11.3. The number of hydrogen-bond acceptors (Lipinski definition) is 3. The first-order valence-electron chi connectivity index (χ1n) is 4.00. The van der Waals surface area contributed by atoms with Crippen molar-refractivity contribution in [3.05, 3.63) is 33.8 Å². The molecule has 0 spiro atoms. The van der Waals surface area contributed by atoms with Crippen LogP contribution in [-0.2, 0) is 10.6 Å². The first-order valence-corrected chi connectivity index (χ1v) is 4.92. The Hall–Kier alpha value is -1.24. The van der Waals surface area contributed by atoms with Gasteiger partial charge < -0.3 is 4.74 Å². The molecule has 0 heterocycles. The molecular formula is C10H7Cl2NO2. The third kappa shape index (κ3) is 2.41. The molecule has 5 heteroatoms. The number of esters is 1. The third-order valence-electron chi connectivity index (χ3n) is 1.86. The molecular weight excluding hydrogens is 237 g/mol. The molecule has 1 aromatic carbocycles. The second kappa shape index (κ2) is 5.01. The molecule has 0 radical (unpaired) electrons. The van der Waals surface area contributed by atoms with Crippen molar-refractivity contribution in [3.63, 3.8) is 0 Å². The van der Waals surface area contributed by atoms with Crippen LogP contribution in [0, 0.1) is 11.3 Å². The lowest BCUT2D eigenvalue weighted by molar-refractivity contribution is 0.0601. The Morgan fingerprint density at radius 2 is 2.27 bits per heavy atom. The number of carbonyl (C=O) groups excluding carboxylic acids is 1. The molecule has 0 saturated carbocycles. The highest BCUT2D eigenvalue weighted by molar-refractivity contribution is 6.33. The lowest BCUT2D eigenvalue weighted by Gasteiger charge is -2.05. The van der Waals surface area contributed by atoms with Gasteiger partial charge in [-0.25, -0.2) is 4.79 Å². The number of halogens is 2. The molecule has 3 nitrogen and oxygen atoms in total. The topological polar surface area (TPSA) is 50.1 Å². The van der Waals surface area contributed by atoms with E-state index in [1.807, 2.05) is 6.07 Å². The van der Waals surface area contributed by atoms with Crippen molar-refractivity contribution in [2.45, 2.75) is 5.88 Å². The van der Waals surface area contributed by atoms with Gasteiger partial charge in [-0.1, -0.05) is 11.6 Å². The van der Waals surface area contributed by atoms with Gasteiger partial charge in [0.2, 0.25) is 0 Å². The molecule has 0 saturated heterocycles. The average molecular weight is 244 g/mol. The number of nitriles is 1. The Morgan fingerprint density at radius 1 is 1.60 bits per heavy atom. The summed E-state index contributed by atoms with van der Waals surface area (Å²) in [6.45, 7) is 0. The summed E-state index contributed by atoms with van der Waals surface area (Å²) in [5.74, 6) is -0.403. The number of benzene rings is 1. The van der Waals surface area contributed by atoms with Crippen molar-refractivity contribution < 1.29 is 9.53 Å². The van der Waals surface area contributed by atoms with Gasteiger partial charge in [0.1, 0.15) is 0 Å². The Kier molecular flexibility index (Phi) is 3.96. The number of hydrogen-bond donors (Lipinski definition) is 0. The fourth-order valence-electron chi connectivity index (χ4n) is 1.10. The molecule has 15 heavy (non-hydrogen) atoms. The summed E-state index contributed by atoms with van der Waals surface area (Å²) in [4.78, 5) is 11.3. The summed E-state index contributed by atoms with van der Waals surface area (Å²) < 4.78 is 4.54. The van der Waals surface area contributed by atoms with Gasteiger partial charge in [0.15, 0.2) is 0 Å². The van der Waals surface area contributed by atoms with E-state index in [1.165, 1.54) is 19.2 Å². The highest BCUT2D eigenvalue weighted by atomic mass is 35.5. The Bertz CT molecular complexity index is 438. The monoisotopic (exact) mass is 243 g/mol. The number of carbonyl (C=O) groups is 1. The minimum Gasteiger partial charge on any atom is -0.465 e. The Labute approximate surface area is 97.2 Å². The summed E-state index contributed by atoms with van der Waals surface area (Å²) in [5.41, 5.74) is 1.14. The minimum atomic E-state index is -0.546. The highest BCUT2D eigenvalue weighted by Crippen LogP contribution is 2.23. The van der Waals surface area contributed by atoms with Crippen LogP contribution in [-0.4, -0.2) is 13.1 Å². The van der Waals surface area contributed by atoms with Crippen molar-refractivity contribution in [1.82, 2.24) is 0 Å². The van der Waals surface area contributed by atoms with E-state index >= 15 is 0 Å². The Morgan fingerprint density at radius 3 is 2.73 bits per heavy atom. The maximum Gasteiger partial charge on any atom is 0.339 e. The van der Waals surface area contributed by atoms with Crippen LogP contribution in [0.1, 0.15) is 21.5 Å². The first kappa shape index (κ1) is 11.8. The number of ether oxygens (including phenoxy) is 1. The van der Waals surface area contributed by atoms with Crippen molar-refractivity contribution in [2.75, 3.05) is 7.11 Å². The van der Waals surface area contributed by atoms with Crippen molar-refractivity contribution in [2.24, 2.45) is 0 Å². The van der Waals surface area contributed by atoms with E-state index in [2.05, 4.69) is 4.74 Å². The molecule has 0 aliphatic rings. The fraction of sp³-hybridized carbons (Fsp3) is 0.200. The lowest BCUT2D eigenvalue weighted by Crippen LogP contribution is -2.04. The molecule has 0 N–H and O–H groups in total. The van der Waals surface area contributed by atoms with Gasteiger partial charge in [-0.2, -0.15) is 5.26 Å². The molecule has 78 valence electrons. The largest absolute Gasteiger partial charge is 0.465 e. The summed E-state index contributed by atoms with van der Waals surface area (Å²) in [5, 5.41) is 8.96. The van der Waals surface area contributed by atoms with Crippen LogP contribution in [0.2, 0.25) is 5.02 Å². The molecule has 1 aromatic rings. The van der Waals surface area contributed by atoms with Gasteiger partial charge in [0.25, 0.3) is 0 Å². The van der Waals surface area contributed by atoms with Gasteiger partial charge in [0.05, 0.1) is 29.3 Å². The van der Waals surface area contributed by atoms with E-state index in [4.69, 9.17) is 28.5 Å². The van der Waals surface area contributed by atoms with E-state index in [1.54, 1.807) is 0 Å². The van der Waals surface area contributed by atoms with E-state index in [9.17, 15) is 4.79 Å². The molecule has 0 aromatic heterocycles. The molecule has 1 rings (SSSR count). The van der Waals surface area contributed by atoms with Crippen molar-refractivity contribution in [1.29, 1.82) is 5.26 Å². The van der Waals surface area contributed by atoms with Crippen LogP contribution in [0.4, 0.5) is 0 Å². The van der Waals surface area contributed by atoms with E-state index in [0.717, 1.165) is 0 Å². The maximum atomic E-state index is 11.3. The molecule has 0 bridgehead atoms. The summed E-state index contributed by atoms with van der Waals surface area (Å²) in [6.07, 6.45) is 0. The average Bonchev–Trinajstić information content (AvgIpc) is 2.27. The van der Waals surface area contributed by atoms with Crippen LogP contribution in [0.3, 0.4) is 0 Å².